The second-order valence-corrected chi connectivity index (χ2v) is 7.41. The Bertz CT molecular complexity index is 1160. The van der Waals surface area contributed by atoms with E-state index >= 15 is 0 Å². The van der Waals surface area contributed by atoms with Crippen LogP contribution in [0.25, 0.3) is 0 Å². The average molecular weight is 484 g/mol. The summed E-state index contributed by atoms with van der Waals surface area (Å²) in [6, 6.07) is 12.5. The first-order chi connectivity index (χ1) is 14.9. The molecular weight excluding hydrogens is 466 g/mol. The van der Waals surface area contributed by atoms with Gasteiger partial charge in [0.05, 0.1) is 17.7 Å². The standard InChI is InChI=1S/C21H18BrN5O4/c1-2-4-15-5-3-6-16(20(15)28)11-23-24-21(29)19-18(27(30)31)13-26(25-19)12-14-7-9-17(22)10-8-14/h2-3,5-11,13,28H,1,4,12H2,(H,24,29)/b23-11-. The van der Waals surface area contributed by atoms with Gasteiger partial charge in [-0.15, -0.1) is 6.58 Å². The number of aromatic hydroxyl groups is 1. The molecular formula is C21H18BrN5O4. The van der Waals surface area contributed by atoms with E-state index < -0.39 is 16.5 Å². The molecule has 0 aliphatic heterocycles. The fourth-order valence-electron chi connectivity index (χ4n) is 2.81. The number of hydrogen-bond acceptors (Lipinski definition) is 6. The molecule has 3 rings (SSSR count). The number of halogens is 1. The number of para-hydroxylation sites is 1. The van der Waals surface area contributed by atoms with E-state index in [9.17, 15) is 20.0 Å². The summed E-state index contributed by atoms with van der Waals surface area (Å²) in [5, 5.41) is 29.4. The number of nitro groups is 1. The van der Waals surface area contributed by atoms with Gasteiger partial charge in [-0.25, -0.2) is 5.43 Å². The lowest BCUT2D eigenvalue weighted by atomic mass is 10.1. The Kier molecular flexibility index (Phi) is 6.93. The van der Waals surface area contributed by atoms with Gasteiger partial charge in [-0.2, -0.15) is 10.2 Å². The molecule has 10 heteroatoms. The van der Waals surface area contributed by atoms with Crippen LogP contribution in [0.3, 0.4) is 0 Å². The molecule has 1 heterocycles. The monoisotopic (exact) mass is 483 g/mol. The van der Waals surface area contributed by atoms with Gasteiger partial charge in [0.2, 0.25) is 5.69 Å². The molecule has 2 aromatic carbocycles. The topological polar surface area (TPSA) is 123 Å². The number of phenolic OH excluding ortho intramolecular Hbond substituents is 1. The molecule has 2 N–H and O–H groups in total. The van der Waals surface area contributed by atoms with Crippen molar-refractivity contribution < 1.29 is 14.8 Å². The van der Waals surface area contributed by atoms with Crippen molar-refractivity contribution in [1.82, 2.24) is 15.2 Å². The molecule has 0 spiro atoms. The van der Waals surface area contributed by atoms with Crippen LogP contribution < -0.4 is 5.43 Å². The molecule has 0 unspecified atom stereocenters. The van der Waals surface area contributed by atoms with Gasteiger partial charge in [0.25, 0.3) is 5.91 Å². The van der Waals surface area contributed by atoms with Gasteiger partial charge >= 0.3 is 5.69 Å². The highest BCUT2D eigenvalue weighted by Gasteiger charge is 2.25. The molecule has 3 aromatic rings. The predicted molar refractivity (Wildman–Crippen MR) is 119 cm³/mol. The van der Waals surface area contributed by atoms with E-state index in [-0.39, 0.29) is 18.0 Å². The number of hydrogen-bond donors (Lipinski definition) is 2. The van der Waals surface area contributed by atoms with Crippen molar-refractivity contribution in [3.63, 3.8) is 0 Å². The minimum atomic E-state index is -0.834. The Hall–Kier alpha value is -3.79. The summed E-state index contributed by atoms with van der Waals surface area (Å²) in [5.74, 6) is -0.815. The molecule has 0 radical (unpaired) electrons. The number of aromatic nitrogens is 2. The highest BCUT2D eigenvalue weighted by molar-refractivity contribution is 9.10. The van der Waals surface area contributed by atoms with E-state index in [4.69, 9.17) is 0 Å². The number of hydrazone groups is 1. The van der Waals surface area contributed by atoms with Gasteiger partial charge in [-0.1, -0.05) is 46.3 Å². The van der Waals surface area contributed by atoms with Crippen molar-refractivity contribution in [2.24, 2.45) is 5.10 Å². The van der Waals surface area contributed by atoms with Gasteiger partial charge in [0.1, 0.15) is 11.9 Å². The molecule has 158 valence electrons. The van der Waals surface area contributed by atoms with E-state index in [1.54, 1.807) is 24.3 Å². The Balaban J connectivity index is 1.76. The second kappa shape index (κ2) is 9.81. The van der Waals surface area contributed by atoms with Crippen LogP contribution in [-0.2, 0) is 13.0 Å². The molecule has 1 amide bonds. The van der Waals surface area contributed by atoms with Gasteiger partial charge in [0.15, 0.2) is 0 Å². The Morgan fingerprint density at radius 3 is 2.74 bits per heavy atom. The number of nitrogens with one attached hydrogen (secondary N) is 1. The van der Waals surface area contributed by atoms with Crippen LogP contribution in [-0.4, -0.2) is 31.9 Å². The van der Waals surface area contributed by atoms with Crippen LogP contribution in [0.1, 0.15) is 27.2 Å². The van der Waals surface area contributed by atoms with Gasteiger partial charge in [-0.05, 0) is 35.7 Å². The van der Waals surface area contributed by atoms with Crippen LogP contribution >= 0.6 is 15.9 Å². The van der Waals surface area contributed by atoms with Crippen LogP contribution in [0.2, 0.25) is 0 Å². The van der Waals surface area contributed by atoms with E-state index in [1.165, 1.54) is 17.1 Å². The van der Waals surface area contributed by atoms with Crippen molar-refractivity contribution in [1.29, 1.82) is 0 Å². The summed E-state index contributed by atoms with van der Waals surface area (Å²) in [5.41, 5.74) is 3.34. The minimum absolute atomic E-state index is 0.0187. The molecule has 0 atom stereocenters. The third-order valence-electron chi connectivity index (χ3n) is 4.30. The van der Waals surface area contributed by atoms with Crippen LogP contribution in [0.4, 0.5) is 5.69 Å². The first kappa shape index (κ1) is 21.9. The molecule has 0 bridgehead atoms. The maximum atomic E-state index is 12.4. The third kappa shape index (κ3) is 5.43. The average Bonchev–Trinajstić information content (AvgIpc) is 3.17. The molecule has 0 aliphatic rings. The number of rotatable bonds is 8. The fraction of sp³-hybridized carbons (Fsp3) is 0.0952. The van der Waals surface area contributed by atoms with Crippen molar-refractivity contribution in [3.8, 4) is 5.75 Å². The van der Waals surface area contributed by atoms with Gasteiger partial charge in [0, 0.05) is 10.0 Å². The number of amides is 1. The maximum absolute atomic E-state index is 12.4. The molecule has 9 nitrogen and oxygen atoms in total. The zero-order valence-electron chi connectivity index (χ0n) is 16.2. The molecule has 0 aliphatic carbocycles. The molecule has 0 saturated heterocycles. The number of phenols is 1. The Morgan fingerprint density at radius 2 is 2.06 bits per heavy atom. The highest BCUT2D eigenvalue weighted by Crippen LogP contribution is 2.22. The normalized spacial score (nSPS) is 10.9. The van der Waals surface area contributed by atoms with Crippen molar-refractivity contribution in [3.05, 3.63) is 98.3 Å². The lowest BCUT2D eigenvalue weighted by Gasteiger charge is -2.04. The summed E-state index contributed by atoms with van der Waals surface area (Å²) < 4.78 is 2.23. The third-order valence-corrected chi connectivity index (χ3v) is 4.83. The number of carbonyl (C=O) groups is 1. The first-order valence-corrected chi connectivity index (χ1v) is 9.89. The van der Waals surface area contributed by atoms with Crippen LogP contribution in [0.5, 0.6) is 5.75 Å². The van der Waals surface area contributed by atoms with Crippen molar-refractivity contribution in [2.45, 2.75) is 13.0 Å². The summed E-state index contributed by atoms with van der Waals surface area (Å²) >= 11 is 3.34. The maximum Gasteiger partial charge on any atom is 0.320 e. The van der Waals surface area contributed by atoms with E-state index in [1.807, 2.05) is 24.3 Å². The summed E-state index contributed by atoms with van der Waals surface area (Å²) in [4.78, 5) is 23.1. The number of carbonyl (C=O) groups excluding carboxylic acids is 1. The number of nitrogens with zero attached hydrogens (tertiary/aromatic N) is 4. The predicted octanol–water partition coefficient (Wildman–Crippen LogP) is 3.80. The lowest BCUT2D eigenvalue weighted by molar-refractivity contribution is -0.385. The summed E-state index contributed by atoms with van der Waals surface area (Å²) in [6.45, 7) is 3.89. The molecule has 31 heavy (non-hydrogen) atoms. The van der Waals surface area contributed by atoms with E-state index in [2.05, 4.69) is 38.1 Å². The zero-order valence-corrected chi connectivity index (χ0v) is 17.8. The second-order valence-electron chi connectivity index (χ2n) is 6.49. The highest BCUT2D eigenvalue weighted by atomic mass is 79.9. The quantitative estimate of drug-likeness (QED) is 0.218. The van der Waals surface area contributed by atoms with Gasteiger partial charge < -0.3 is 5.11 Å². The van der Waals surface area contributed by atoms with E-state index in [0.29, 0.717) is 17.5 Å². The fourth-order valence-corrected chi connectivity index (χ4v) is 3.08. The van der Waals surface area contributed by atoms with Crippen molar-refractivity contribution >= 4 is 33.7 Å². The Morgan fingerprint density at radius 1 is 1.32 bits per heavy atom. The largest absolute Gasteiger partial charge is 0.507 e. The van der Waals surface area contributed by atoms with Crippen LogP contribution in [0.15, 0.2) is 70.9 Å². The lowest BCUT2D eigenvalue weighted by Crippen LogP contribution is -2.19. The smallest absolute Gasteiger partial charge is 0.320 e. The SMILES string of the molecule is C=CCc1cccc(/C=N\NC(=O)c2nn(Cc3ccc(Br)cc3)cc2[N+](=O)[O-])c1O. The zero-order chi connectivity index (χ0) is 22.4. The number of allylic oxidation sites excluding steroid dienone is 1. The molecule has 0 saturated carbocycles. The number of benzene rings is 2. The summed E-state index contributed by atoms with van der Waals surface area (Å²) in [7, 11) is 0. The molecule has 0 fully saturated rings. The van der Waals surface area contributed by atoms with E-state index in [0.717, 1.165) is 10.0 Å². The minimum Gasteiger partial charge on any atom is -0.507 e. The molecule has 1 aromatic heterocycles. The van der Waals surface area contributed by atoms with Crippen molar-refractivity contribution in [2.75, 3.05) is 0 Å². The summed E-state index contributed by atoms with van der Waals surface area (Å²) in [6.07, 6.45) is 4.58. The first-order valence-electron chi connectivity index (χ1n) is 9.10. The van der Waals surface area contributed by atoms with Gasteiger partial charge in [-0.3, -0.25) is 19.6 Å². The van der Waals surface area contributed by atoms with Crippen LogP contribution in [0, 0.1) is 10.1 Å². The Labute approximate surface area is 186 Å².